The predicted molar refractivity (Wildman–Crippen MR) is 112 cm³/mol. The van der Waals surface area contributed by atoms with Crippen LogP contribution in [-0.4, -0.2) is 48.6 Å². The molecule has 2 aromatic rings. The summed E-state index contributed by atoms with van der Waals surface area (Å²) in [6, 6.07) is 10.2. The van der Waals surface area contributed by atoms with Gasteiger partial charge in [0.2, 0.25) is 12.7 Å². The maximum atomic E-state index is 13.0. The third-order valence-corrected chi connectivity index (χ3v) is 5.19. The zero-order valence-corrected chi connectivity index (χ0v) is 17.1. The summed E-state index contributed by atoms with van der Waals surface area (Å²) in [7, 11) is 0. The normalized spacial score (nSPS) is 21.2. The van der Waals surface area contributed by atoms with Crippen LogP contribution < -0.4 is 20.1 Å². The van der Waals surface area contributed by atoms with Gasteiger partial charge in [-0.2, -0.15) is 0 Å². The van der Waals surface area contributed by atoms with Crippen LogP contribution >= 0.6 is 0 Å². The van der Waals surface area contributed by atoms with E-state index in [9.17, 15) is 19.1 Å². The van der Waals surface area contributed by atoms with Crippen molar-refractivity contribution in [2.45, 2.75) is 31.2 Å². The van der Waals surface area contributed by atoms with E-state index in [1.807, 2.05) is 0 Å². The van der Waals surface area contributed by atoms with E-state index in [0.29, 0.717) is 17.1 Å². The topological polar surface area (TPSA) is 106 Å². The Labute approximate surface area is 184 Å². The average molecular weight is 442 g/mol. The molecule has 3 atom stereocenters. The van der Waals surface area contributed by atoms with Crippen molar-refractivity contribution >= 4 is 11.8 Å². The fraction of sp³-hybridized carbons (Fsp3) is 0.304. The lowest BCUT2D eigenvalue weighted by Gasteiger charge is -2.31. The molecule has 0 aromatic heterocycles. The number of hydrogen-bond acceptors (Lipinski definition) is 6. The maximum Gasteiger partial charge on any atom is 0.251 e. The molecule has 0 spiro atoms. The van der Waals surface area contributed by atoms with Crippen LogP contribution in [0.5, 0.6) is 11.5 Å². The molecule has 2 aliphatic rings. The molecule has 0 radical (unpaired) electrons. The van der Waals surface area contributed by atoms with E-state index in [2.05, 4.69) is 10.6 Å². The van der Waals surface area contributed by atoms with Crippen molar-refractivity contribution in [3.8, 4) is 11.5 Å². The number of aliphatic hydroxyl groups excluding tert-OH is 1. The quantitative estimate of drug-likeness (QED) is 0.564. The minimum Gasteiger partial charge on any atom is -0.454 e. The molecule has 3 N–H and O–H groups in total. The van der Waals surface area contributed by atoms with Gasteiger partial charge in [0.15, 0.2) is 11.5 Å². The van der Waals surface area contributed by atoms with Gasteiger partial charge in [-0.1, -0.05) is 24.3 Å². The highest BCUT2D eigenvalue weighted by Crippen LogP contribution is 2.32. The van der Waals surface area contributed by atoms with Gasteiger partial charge in [-0.25, -0.2) is 4.39 Å². The van der Waals surface area contributed by atoms with Crippen molar-refractivity contribution in [3.05, 3.63) is 71.6 Å². The summed E-state index contributed by atoms with van der Waals surface area (Å²) < 4.78 is 29.3. The molecule has 8 nitrogen and oxygen atoms in total. The Balaban J connectivity index is 1.30. The van der Waals surface area contributed by atoms with E-state index in [1.165, 1.54) is 12.1 Å². The van der Waals surface area contributed by atoms with E-state index < -0.39 is 18.2 Å². The van der Waals surface area contributed by atoms with E-state index in [-0.39, 0.29) is 44.0 Å². The van der Waals surface area contributed by atoms with Gasteiger partial charge >= 0.3 is 0 Å². The highest BCUT2D eigenvalue weighted by Gasteiger charge is 2.29. The molecular weight excluding hydrogens is 419 g/mol. The highest BCUT2D eigenvalue weighted by molar-refractivity contribution is 5.95. The molecule has 0 saturated heterocycles. The number of rotatable bonds is 7. The third-order valence-electron chi connectivity index (χ3n) is 5.19. The first kappa shape index (κ1) is 21.8. The van der Waals surface area contributed by atoms with Crippen LogP contribution in [0.25, 0.3) is 0 Å². The number of halogens is 1. The van der Waals surface area contributed by atoms with Crippen LogP contribution in [0, 0.1) is 5.82 Å². The van der Waals surface area contributed by atoms with Gasteiger partial charge in [-0.3, -0.25) is 9.59 Å². The van der Waals surface area contributed by atoms with Crippen LogP contribution in [0.4, 0.5) is 4.39 Å². The Bertz CT molecular complexity index is 1010. The van der Waals surface area contributed by atoms with Gasteiger partial charge in [-0.05, 0) is 35.9 Å². The number of carbonyl (C=O) groups excluding carboxylic acids is 2. The summed E-state index contributed by atoms with van der Waals surface area (Å²) in [5, 5.41) is 15.3. The van der Waals surface area contributed by atoms with Crippen molar-refractivity contribution in [1.82, 2.24) is 10.6 Å². The van der Waals surface area contributed by atoms with E-state index in [1.54, 1.807) is 42.5 Å². The SMILES string of the molecule is O=C(C[C@@H]1C=C[C@H](NC(=O)c2ccc3c(c2)OCO3)[C@@H](CO)O1)NCc1ccc(F)cc1. The van der Waals surface area contributed by atoms with Crippen molar-refractivity contribution in [3.63, 3.8) is 0 Å². The molecular formula is C23H23FN2O6. The Kier molecular flexibility index (Phi) is 6.67. The van der Waals surface area contributed by atoms with Crippen LogP contribution in [0.15, 0.2) is 54.6 Å². The Morgan fingerprint density at radius 1 is 1.06 bits per heavy atom. The number of amides is 2. The van der Waals surface area contributed by atoms with Crippen molar-refractivity contribution < 1.29 is 33.3 Å². The fourth-order valence-corrected chi connectivity index (χ4v) is 3.47. The second-order valence-corrected chi connectivity index (χ2v) is 7.46. The lowest BCUT2D eigenvalue weighted by atomic mass is 10.0. The van der Waals surface area contributed by atoms with E-state index >= 15 is 0 Å². The lowest BCUT2D eigenvalue weighted by molar-refractivity contribution is -0.125. The first-order valence-corrected chi connectivity index (χ1v) is 10.2. The molecule has 2 amide bonds. The fourth-order valence-electron chi connectivity index (χ4n) is 3.47. The minimum absolute atomic E-state index is 0.0526. The number of ether oxygens (including phenoxy) is 3. The molecule has 2 heterocycles. The standard InChI is InChI=1S/C23H23FN2O6/c24-16-4-1-14(2-5-16)11-25-22(28)10-17-6-7-18(21(12-27)32-17)26-23(29)15-3-8-19-20(9-15)31-13-30-19/h1-9,17-18,21,27H,10-13H2,(H,25,28)(H,26,29)/t17-,18-,21+/m0/s1. The van der Waals surface area contributed by atoms with Crippen molar-refractivity contribution in [2.75, 3.05) is 13.4 Å². The molecule has 4 rings (SSSR count). The molecule has 9 heteroatoms. The summed E-state index contributed by atoms with van der Waals surface area (Å²) in [4.78, 5) is 24.8. The van der Waals surface area contributed by atoms with Crippen molar-refractivity contribution in [1.29, 1.82) is 0 Å². The van der Waals surface area contributed by atoms with Gasteiger partial charge in [0.25, 0.3) is 5.91 Å². The smallest absolute Gasteiger partial charge is 0.251 e. The van der Waals surface area contributed by atoms with E-state index in [0.717, 1.165) is 5.56 Å². The summed E-state index contributed by atoms with van der Waals surface area (Å²) in [6.45, 7) is 0.0579. The number of carbonyl (C=O) groups is 2. The molecule has 0 saturated carbocycles. The van der Waals surface area contributed by atoms with E-state index in [4.69, 9.17) is 14.2 Å². The zero-order chi connectivity index (χ0) is 22.5. The number of hydrogen-bond donors (Lipinski definition) is 3. The summed E-state index contributed by atoms with van der Waals surface area (Å²) in [6.07, 6.45) is 2.21. The van der Waals surface area contributed by atoms with Crippen LogP contribution in [0.2, 0.25) is 0 Å². The number of nitrogens with one attached hydrogen (secondary N) is 2. The zero-order valence-electron chi connectivity index (χ0n) is 17.1. The van der Waals surface area contributed by atoms with Crippen LogP contribution in [-0.2, 0) is 16.1 Å². The van der Waals surface area contributed by atoms with Crippen LogP contribution in [0.3, 0.4) is 0 Å². The third kappa shape index (κ3) is 5.24. The second-order valence-electron chi connectivity index (χ2n) is 7.46. The van der Waals surface area contributed by atoms with Gasteiger partial charge in [-0.15, -0.1) is 0 Å². The first-order chi connectivity index (χ1) is 15.5. The highest BCUT2D eigenvalue weighted by atomic mass is 19.1. The summed E-state index contributed by atoms with van der Waals surface area (Å²) >= 11 is 0. The monoisotopic (exact) mass is 442 g/mol. The van der Waals surface area contributed by atoms with Crippen LogP contribution in [0.1, 0.15) is 22.3 Å². The lowest BCUT2D eigenvalue weighted by Crippen LogP contribution is -2.49. The van der Waals surface area contributed by atoms with Gasteiger partial charge in [0.05, 0.1) is 25.2 Å². The molecule has 2 aromatic carbocycles. The predicted octanol–water partition coefficient (Wildman–Crippen LogP) is 1.68. The van der Waals surface area contributed by atoms with Gasteiger partial charge in [0.1, 0.15) is 11.9 Å². The summed E-state index contributed by atoms with van der Waals surface area (Å²) in [5.41, 5.74) is 1.17. The van der Waals surface area contributed by atoms with Gasteiger partial charge in [0, 0.05) is 12.1 Å². The maximum absolute atomic E-state index is 13.0. The Hall–Kier alpha value is -3.43. The van der Waals surface area contributed by atoms with Gasteiger partial charge < -0.3 is 30.0 Å². The number of fused-ring (bicyclic) bond motifs is 1. The number of aliphatic hydroxyl groups is 1. The number of benzene rings is 2. The minimum atomic E-state index is -0.701. The summed E-state index contributed by atoms with van der Waals surface area (Å²) in [5.74, 6) is 0.143. The largest absolute Gasteiger partial charge is 0.454 e. The molecule has 0 aliphatic carbocycles. The molecule has 0 unspecified atom stereocenters. The molecule has 2 aliphatic heterocycles. The first-order valence-electron chi connectivity index (χ1n) is 10.2. The second kappa shape index (κ2) is 9.80. The molecule has 0 bridgehead atoms. The molecule has 168 valence electrons. The average Bonchev–Trinajstić information content (AvgIpc) is 3.27. The Morgan fingerprint density at radius 2 is 1.84 bits per heavy atom. The Morgan fingerprint density at radius 3 is 2.62 bits per heavy atom. The van der Waals surface area contributed by atoms with Crippen molar-refractivity contribution in [2.24, 2.45) is 0 Å². The molecule has 32 heavy (non-hydrogen) atoms. The molecule has 0 fully saturated rings.